The molecule has 19 heavy (non-hydrogen) atoms. The number of hydrogen-bond acceptors (Lipinski definition) is 3. The minimum Gasteiger partial charge on any atom is -0.322 e. The van der Waals surface area contributed by atoms with Gasteiger partial charge < -0.3 is 10.6 Å². The van der Waals surface area contributed by atoms with Gasteiger partial charge >= 0.3 is 0 Å². The highest BCUT2D eigenvalue weighted by Crippen LogP contribution is 2.29. The van der Waals surface area contributed by atoms with E-state index in [1.54, 1.807) is 18.2 Å². The number of amides is 1. The second-order valence-corrected chi connectivity index (χ2v) is 6.45. The van der Waals surface area contributed by atoms with Crippen LogP contribution in [-0.2, 0) is 4.79 Å². The standard InChI is InChI=1S/C13H16Cl2N2OS/c14-10-2-1-3-11(15)13(10)17-12(18)8-16-9-4-6-19-7-5-9/h1-3,9,16H,4-8H2,(H,17,18). The Balaban J connectivity index is 1.83. The van der Waals surface area contributed by atoms with Gasteiger partial charge in [-0.1, -0.05) is 29.3 Å². The fourth-order valence-electron chi connectivity index (χ4n) is 1.94. The van der Waals surface area contributed by atoms with Crippen LogP contribution in [0.25, 0.3) is 0 Å². The van der Waals surface area contributed by atoms with Gasteiger partial charge in [-0.25, -0.2) is 0 Å². The van der Waals surface area contributed by atoms with Crippen molar-refractivity contribution in [3.05, 3.63) is 28.2 Å². The molecular weight excluding hydrogens is 303 g/mol. The predicted octanol–water partition coefficient (Wildman–Crippen LogP) is 3.42. The zero-order valence-corrected chi connectivity index (χ0v) is 12.7. The minimum atomic E-state index is -0.117. The largest absolute Gasteiger partial charge is 0.322 e. The number of anilines is 1. The van der Waals surface area contributed by atoms with E-state index < -0.39 is 0 Å². The maximum Gasteiger partial charge on any atom is 0.238 e. The highest BCUT2D eigenvalue weighted by molar-refractivity contribution is 7.99. The first kappa shape index (κ1) is 15.0. The molecule has 2 rings (SSSR count). The molecule has 1 heterocycles. The molecule has 1 aromatic rings. The van der Waals surface area contributed by atoms with Crippen molar-refractivity contribution in [1.82, 2.24) is 5.32 Å². The number of halogens is 2. The average molecular weight is 319 g/mol. The minimum absolute atomic E-state index is 0.117. The summed E-state index contributed by atoms with van der Waals surface area (Å²) in [6.45, 7) is 0.289. The number of benzene rings is 1. The number of hydrogen-bond donors (Lipinski definition) is 2. The third kappa shape index (κ3) is 4.56. The average Bonchev–Trinajstić information content (AvgIpc) is 2.42. The first-order valence-electron chi connectivity index (χ1n) is 6.22. The molecule has 0 unspecified atom stereocenters. The van der Waals surface area contributed by atoms with Gasteiger partial charge in [-0.3, -0.25) is 4.79 Å². The third-order valence-electron chi connectivity index (χ3n) is 3.00. The van der Waals surface area contributed by atoms with Gasteiger partial charge in [0.15, 0.2) is 0 Å². The van der Waals surface area contributed by atoms with Crippen LogP contribution in [0.15, 0.2) is 18.2 Å². The number of para-hydroxylation sites is 1. The van der Waals surface area contributed by atoms with E-state index in [0.717, 1.165) is 24.3 Å². The second kappa shape index (κ2) is 7.39. The van der Waals surface area contributed by atoms with Crippen molar-refractivity contribution in [2.75, 3.05) is 23.4 Å². The van der Waals surface area contributed by atoms with Gasteiger partial charge in [0.25, 0.3) is 0 Å². The van der Waals surface area contributed by atoms with Gasteiger partial charge in [-0.05, 0) is 36.5 Å². The van der Waals surface area contributed by atoms with E-state index in [1.807, 2.05) is 11.8 Å². The lowest BCUT2D eigenvalue weighted by Gasteiger charge is -2.22. The topological polar surface area (TPSA) is 41.1 Å². The molecule has 1 aliphatic heterocycles. The van der Waals surface area contributed by atoms with Crippen LogP contribution in [0.4, 0.5) is 5.69 Å². The molecule has 6 heteroatoms. The van der Waals surface area contributed by atoms with E-state index >= 15 is 0 Å². The van der Waals surface area contributed by atoms with Crippen molar-refractivity contribution in [3.63, 3.8) is 0 Å². The molecule has 1 aliphatic rings. The van der Waals surface area contributed by atoms with E-state index in [1.165, 1.54) is 0 Å². The summed E-state index contributed by atoms with van der Waals surface area (Å²) in [5, 5.41) is 6.92. The van der Waals surface area contributed by atoms with Crippen molar-refractivity contribution in [3.8, 4) is 0 Å². The van der Waals surface area contributed by atoms with Crippen LogP contribution in [0.2, 0.25) is 10.0 Å². The van der Waals surface area contributed by atoms with Gasteiger partial charge in [-0.15, -0.1) is 0 Å². The molecule has 0 atom stereocenters. The molecule has 2 N–H and O–H groups in total. The zero-order valence-electron chi connectivity index (χ0n) is 10.4. The summed E-state index contributed by atoms with van der Waals surface area (Å²) in [5.74, 6) is 2.21. The van der Waals surface area contributed by atoms with Gasteiger partial charge in [0.2, 0.25) is 5.91 Å². The lowest BCUT2D eigenvalue weighted by atomic mass is 10.1. The van der Waals surface area contributed by atoms with Crippen LogP contribution in [-0.4, -0.2) is 30.0 Å². The van der Waals surface area contributed by atoms with E-state index in [4.69, 9.17) is 23.2 Å². The van der Waals surface area contributed by atoms with Crippen molar-refractivity contribution in [1.29, 1.82) is 0 Å². The number of thioether (sulfide) groups is 1. The predicted molar refractivity (Wildman–Crippen MR) is 83.4 cm³/mol. The molecule has 3 nitrogen and oxygen atoms in total. The smallest absolute Gasteiger partial charge is 0.238 e. The van der Waals surface area contributed by atoms with Crippen LogP contribution in [0, 0.1) is 0 Å². The summed E-state index contributed by atoms with van der Waals surface area (Å²) in [7, 11) is 0. The van der Waals surface area contributed by atoms with Crippen LogP contribution in [0.5, 0.6) is 0 Å². The lowest BCUT2D eigenvalue weighted by Crippen LogP contribution is -2.38. The summed E-state index contributed by atoms with van der Waals surface area (Å²) in [6.07, 6.45) is 2.23. The first-order chi connectivity index (χ1) is 9.16. The van der Waals surface area contributed by atoms with E-state index in [-0.39, 0.29) is 12.5 Å². The molecule has 0 aliphatic carbocycles. The van der Waals surface area contributed by atoms with Crippen LogP contribution in [0.1, 0.15) is 12.8 Å². The molecule has 0 bridgehead atoms. The second-order valence-electron chi connectivity index (χ2n) is 4.41. The monoisotopic (exact) mass is 318 g/mol. The molecule has 0 aromatic heterocycles. The van der Waals surface area contributed by atoms with Gasteiger partial charge in [-0.2, -0.15) is 11.8 Å². The maximum atomic E-state index is 11.9. The molecule has 0 saturated carbocycles. The molecule has 0 spiro atoms. The van der Waals surface area contributed by atoms with Crippen molar-refractivity contribution < 1.29 is 4.79 Å². The number of carbonyl (C=O) groups excluding carboxylic acids is 1. The molecule has 0 radical (unpaired) electrons. The summed E-state index contributed by atoms with van der Waals surface area (Å²) in [5.41, 5.74) is 0.483. The fourth-order valence-corrected chi connectivity index (χ4v) is 3.54. The quantitative estimate of drug-likeness (QED) is 0.893. The molecule has 104 valence electrons. The first-order valence-corrected chi connectivity index (χ1v) is 8.13. The van der Waals surface area contributed by atoms with Crippen LogP contribution < -0.4 is 10.6 Å². The SMILES string of the molecule is O=C(CNC1CCSCC1)Nc1c(Cl)cccc1Cl. The molecular formula is C13H16Cl2N2OS. The highest BCUT2D eigenvalue weighted by Gasteiger charge is 2.15. The van der Waals surface area contributed by atoms with Crippen LogP contribution >= 0.6 is 35.0 Å². The van der Waals surface area contributed by atoms with E-state index in [9.17, 15) is 4.79 Å². The normalized spacial score (nSPS) is 16.3. The maximum absolute atomic E-state index is 11.9. The Labute approximate surface area is 127 Å². The number of carbonyl (C=O) groups is 1. The summed E-state index contributed by atoms with van der Waals surface area (Å²) in [4.78, 5) is 11.9. The summed E-state index contributed by atoms with van der Waals surface area (Å²) >= 11 is 14.0. The Bertz CT molecular complexity index is 430. The molecule has 1 aromatic carbocycles. The lowest BCUT2D eigenvalue weighted by molar-refractivity contribution is -0.115. The van der Waals surface area contributed by atoms with Gasteiger partial charge in [0.05, 0.1) is 22.3 Å². The van der Waals surface area contributed by atoms with Crippen LogP contribution in [0.3, 0.4) is 0 Å². The van der Waals surface area contributed by atoms with Crippen molar-refractivity contribution in [2.24, 2.45) is 0 Å². The highest BCUT2D eigenvalue weighted by atomic mass is 35.5. The molecule has 1 fully saturated rings. The Kier molecular flexibility index (Phi) is 5.82. The van der Waals surface area contributed by atoms with E-state index in [2.05, 4.69) is 10.6 Å². The number of nitrogens with one attached hydrogen (secondary N) is 2. The third-order valence-corrected chi connectivity index (χ3v) is 4.68. The summed E-state index contributed by atoms with van der Waals surface area (Å²) < 4.78 is 0. The zero-order chi connectivity index (χ0) is 13.7. The molecule has 1 saturated heterocycles. The fraction of sp³-hybridized carbons (Fsp3) is 0.462. The molecule has 1 amide bonds. The Morgan fingerprint density at radius 3 is 2.53 bits per heavy atom. The number of rotatable bonds is 4. The van der Waals surface area contributed by atoms with Crippen molar-refractivity contribution >= 4 is 46.6 Å². The van der Waals surface area contributed by atoms with Gasteiger partial charge in [0, 0.05) is 6.04 Å². The van der Waals surface area contributed by atoms with E-state index in [0.29, 0.717) is 21.8 Å². The van der Waals surface area contributed by atoms with Crippen molar-refractivity contribution in [2.45, 2.75) is 18.9 Å². The Morgan fingerprint density at radius 1 is 1.26 bits per heavy atom. The summed E-state index contributed by atoms with van der Waals surface area (Å²) in [6, 6.07) is 5.59. The Hall–Kier alpha value is -0.420. The Morgan fingerprint density at radius 2 is 1.89 bits per heavy atom. The van der Waals surface area contributed by atoms with Gasteiger partial charge in [0.1, 0.15) is 0 Å².